The molecule has 4 nitrogen and oxygen atoms in total. The van der Waals surface area contributed by atoms with Crippen molar-refractivity contribution in [2.24, 2.45) is 0 Å². The van der Waals surface area contributed by atoms with Gasteiger partial charge in [-0.25, -0.2) is 0 Å². The van der Waals surface area contributed by atoms with Crippen molar-refractivity contribution in [2.75, 3.05) is 19.8 Å². The van der Waals surface area contributed by atoms with Crippen LogP contribution in [0.15, 0.2) is 0 Å². The molecule has 5 heteroatoms. The van der Waals surface area contributed by atoms with Gasteiger partial charge in [-0.15, -0.1) is 0 Å². The van der Waals surface area contributed by atoms with E-state index >= 15 is 0 Å². The Kier molecular flexibility index (Phi) is 5.83. The van der Waals surface area contributed by atoms with Crippen LogP contribution in [0.5, 0.6) is 0 Å². The molecule has 0 bridgehead atoms. The van der Waals surface area contributed by atoms with Gasteiger partial charge in [0.15, 0.2) is 0 Å². The molecule has 78 valence electrons. The van der Waals surface area contributed by atoms with E-state index in [-0.39, 0.29) is 6.10 Å². The van der Waals surface area contributed by atoms with Gasteiger partial charge in [-0.3, -0.25) is 0 Å². The molecule has 1 aliphatic rings. The topological polar surface area (TPSA) is 47.9 Å². The Bertz CT molecular complexity index is 127. The molecule has 0 spiro atoms. The standard InChI is InChI=1S/C8H17O4P/c1-2-3-8(9)4-5-10-13-11-6-7-12-13/h8-9H,2-7H2,1H3/t8-/m1/s1. The summed E-state index contributed by atoms with van der Waals surface area (Å²) in [5.74, 6) is 0. The molecular formula is C8H17O4P. The minimum absolute atomic E-state index is 0.248. The van der Waals surface area contributed by atoms with E-state index in [0.29, 0.717) is 26.2 Å². The first-order chi connectivity index (χ1) is 6.33. The lowest BCUT2D eigenvalue weighted by Gasteiger charge is -2.11. The smallest absolute Gasteiger partial charge is 0.332 e. The summed E-state index contributed by atoms with van der Waals surface area (Å²) in [5.41, 5.74) is 0. The molecule has 0 saturated carbocycles. The number of rotatable bonds is 6. The zero-order chi connectivity index (χ0) is 9.52. The predicted octanol–water partition coefficient (Wildman–Crippen LogP) is 1.83. The fourth-order valence-electron chi connectivity index (χ4n) is 1.08. The monoisotopic (exact) mass is 208 g/mol. The third kappa shape index (κ3) is 4.89. The molecule has 1 saturated heterocycles. The lowest BCUT2D eigenvalue weighted by molar-refractivity contribution is 0.125. The van der Waals surface area contributed by atoms with Crippen molar-refractivity contribution in [2.45, 2.75) is 32.3 Å². The lowest BCUT2D eigenvalue weighted by Crippen LogP contribution is -2.08. The van der Waals surface area contributed by atoms with Gasteiger partial charge in [0, 0.05) is 0 Å². The molecule has 1 N–H and O–H groups in total. The number of hydrogen-bond donors (Lipinski definition) is 1. The van der Waals surface area contributed by atoms with Gasteiger partial charge in [-0.2, -0.15) is 0 Å². The maximum Gasteiger partial charge on any atom is 0.332 e. The average Bonchev–Trinajstić information content (AvgIpc) is 2.57. The van der Waals surface area contributed by atoms with Crippen LogP contribution in [0.2, 0.25) is 0 Å². The highest BCUT2D eigenvalue weighted by Gasteiger charge is 2.18. The van der Waals surface area contributed by atoms with E-state index in [0.717, 1.165) is 12.8 Å². The zero-order valence-corrected chi connectivity index (χ0v) is 8.83. The van der Waals surface area contributed by atoms with Gasteiger partial charge in [0.1, 0.15) is 0 Å². The van der Waals surface area contributed by atoms with E-state index in [9.17, 15) is 5.11 Å². The number of aliphatic hydroxyl groups excluding tert-OH is 1. The molecule has 13 heavy (non-hydrogen) atoms. The van der Waals surface area contributed by atoms with Gasteiger partial charge in [-0.05, 0) is 12.8 Å². The van der Waals surface area contributed by atoms with Crippen molar-refractivity contribution < 1.29 is 18.7 Å². The molecule has 0 amide bonds. The van der Waals surface area contributed by atoms with E-state index in [2.05, 4.69) is 6.92 Å². The lowest BCUT2D eigenvalue weighted by atomic mass is 10.2. The van der Waals surface area contributed by atoms with Crippen molar-refractivity contribution in [1.82, 2.24) is 0 Å². The minimum atomic E-state index is -1.10. The summed E-state index contributed by atoms with van der Waals surface area (Å²) in [5, 5.41) is 9.37. The molecular weight excluding hydrogens is 191 g/mol. The van der Waals surface area contributed by atoms with Crippen LogP contribution in [0.4, 0.5) is 0 Å². The fraction of sp³-hybridized carbons (Fsp3) is 1.00. The first kappa shape index (κ1) is 11.3. The first-order valence-corrected chi connectivity index (χ1v) is 5.79. The Hall–Kier alpha value is 0.270. The van der Waals surface area contributed by atoms with E-state index < -0.39 is 8.60 Å². The van der Waals surface area contributed by atoms with Gasteiger partial charge in [0.05, 0.1) is 25.9 Å². The average molecular weight is 208 g/mol. The molecule has 0 radical (unpaired) electrons. The minimum Gasteiger partial charge on any atom is -0.393 e. The maximum absolute atomic E-state index is 9.37. The summed E-state index contributed by atoms with van der Waals surface area (Å²) in [6, 6.07) is 0. The summed E-state index contributed by atoms with van der Waals surface area (Å²) in [6.45, 7) is 3.83. The van der Waals surface area contributed by atoms with Crippen molar-refractivity contribution in [3.05, 3.63) is 0 Å². The van der Waals surface area contributed by atoms with Gasteiger partial charge in [-0.1, -0.05) is 13.3 Å². The van der Waals surface area contributed by atoms with Crippen molar-refractivity contribution in [3.63, 3.8) is 0 Å². The summed E-state index contributed by atoms with van der Waals surface area (Å²) in [7, 11) is -1.10. The number of aliphatic hydroxyl groups is 1. The van der Waals surface area contributed by atoms with Gasteiger partial charge in [0.25, 0.3) is 0 Å². The Labute approximate surface area is 80.2 Å². The highest BCUT2D eigenvalue weighted by atomic mass is 31.2. The van der Waals surface area contributed by atoms with Crippen LogP contribution >= 0.6 is 8.60 Å². The normalized spacial score (nSPS) is 20.8. The van der Waals surface area contributed by atoms with E-state index in [4.69, 9.17) is 13.6 Å². The second-order valence-electron chi connectivity index (χ2n) is 2.95. The summed E-state index contributed by atoms with van der Waals surface area (Å²) >= 11 is 0. The highest BCUT2D eigenvalue weighted by Crippen LogP contribution is 2.43. The van der Waals surface area contributed by atoms with Crippen LogP contribution in [0, 0.1) is 0 Å². The molecule has 0 unspecified atom stereocenters. The summed E-state index contributed by atoms with van der Waals surface area (Å²) in [6.07, 6.45) is 2.26. The Morgan fingerprint density at radius 1 is 1.38 bits per heavy atom. The third-order valence-electron chi connectivity index (χ3n) is 1.75. The molecule has 1 fully saturated rings. The Balaban J connectivity index is 1.93. The predicted molar refractivity (Wildman–Crippen MR) is 50.3 cm³/mol. The van der Waals surface area contributed by atoms with Gasteiger partial charge < -0.3 is 18.7 Å². The second kappa shape index (κ2) is 6.68. The quantitative estimate of drug-likeness (QED) is 0.676. The van der Waals surface area contributed by atoms with Gasteiger partial charge in [0.2, 0.25) is 0 Å². The Morgan fingerprint density at radius 3 is 2.69 bits per heavy atom. The van der Waals surface area contributed by atoms with Crippen molar-refractivity contribution in [1.29, 1.82) is 0 Å². The molecule has 1 atom stereocenters. The van der Waals surface area contributed by atoms with Crippen molar-refractivity contribution in [3.8, 4) is 0 Å². The third-order valence-corrected chi connectivity index (χ3v) is 2.93. The first-order valence-electron chi connectivity index (χ1n) is 4.70. The van der Waals surface area contributed by atoms with Crippen LogP contribution in [-0.2, 0) is 13.6 Å². The van der Waals surface area contributed by atoms with E-state index in [1.807, 2.05) is 0 Å². The van der Waals surface area contributed by atoms with Crippen LogP contribution in [0.1, 0.15) is 26.2 Å². The highest BCUT2D eigenvalue weighted by molar-refractivity contribution is 7.41. The summed E-state index contributed by atoms with van der Waals surface area (Å²) < 4.78 is 15.5. The van der Waals surface area contributed by atoms with E-state index in [1.165, 1.54) is 0 Å². The molecule has 1 aliphatic heterocycles. The van der Waals surface area contributed by atoms with Crippen LogP contribution in [0.25, 0.3) is 0 Å². The molecule has 0 aromatic heterocycles. The van der Waals surface area contributed by atoms with Crippen LogP contribution < -0.4 is 0 Å². The van der Waals surface area contributed by atoms with Gasteiger partial charge >= 0.3 is 8.60 Å². The van der Waals surface area contributed by atoms with Crippen LogP contribution in [-0.4, -0.2) is 31.0 Å². The fourth-order valence-corrected chi connectivity index (χ4v) is 2.00. The summed E-state index contributed by atoms with van der Waals surface area (Å²) in [4.78, 5) is 0. The SMILES string of the molecule is CCC[C@@H](O)CCOP1OCCO1. The van der Waals surface area contributed by atoms with Crippen molar-refractivity contribution >= 4 is 8.60 Å². The molecule has 0 aromatic rings. The van der Waals surface area contributed by atoms with E-state index in [1.54, 1.807) is 0 Å². The molecule has 1 rings (SSSR count). The van der Waals surface area contributed by atoms with Crippen LogP contribution in [0.3, 0.4) is 0 Å². The molecule has 0 aliphatic carbocycles. The zero-order valence-electron chi connectivity index (χ0n) is 7.94. The largest absolute Gasteiger partial charge is 0.393 e. The number of hydrogen-bond acceptors (Lipinski definition) is 4. The second-order valence-corrected chi connectivity index (χ2v) is 4.18. The molecule has 0 aromatic carbocycles. The Morgan fingerprint density at radius 2 is 2.08 bits per heavy atom. The maximum atomic E-state index is 9.37. The molecule has 1 heterocycles.